The Morgan fingerprint density at radius 1 is 1.17 bits per heavy atom. The minimum absolute atomic E-state index is 0.153. The first-order valence-corrected chi connectivity index (χ1v) is 11.8. The summed E-state index contributed by atoms with van der Waals surface area (Å²) in [7, 11) is -3.64. The lowest BCUT2D eigenvalue weighted by Crippen LogP contribution is -2.50. The molecule has 0 atom stereocenters. The first-order chi connectivity index (χ1) is 13.9. The summed E-state index contributed by atoms with van der Waals surface area (Å²) in [6.07, 6.45) is 4.91. The molecule has 0 spiro atoms. The van der Waals surface area contributed by atoms with Crippen molar-refractivity contribution in [2.24, 2.45) is 0 Å². The van der Waals surface area contributed by atoms with Gasteiger partial charge in [-0.25, -0.2) is 13.4 Å². The summed E-state index contributed by atoms with van der Waals surface area (Å²) in [6, 6.07) is 6.17. The number of nitrogens with zero attached hydrogens (tertiary/aromatic N) is 4. The summed E-state index contributed by atoms with van der Waals surface area (Å²) in [5.41, 5.74) is 0.637. The number of carbonyl (C=O) groups excluding carboxylic acids is 1. The highest BCUT2D eigenvalue weighted by Gasteiger charge is 2.29. The molecular weight excluding hydrogens is 455 g/mol. The van der Waals surface area contributed by atoms with E-state index in [4.69, 9.17) is 23.2 Å². The molecule has 1 aliphatic rings. The van der Waals surface area contributed by atoms with Gasteiger partial charge in [-0.05, 0) is 24.3 Å². The quantitative estimate of drug-likeness (QED) is 0.548. The van der Waals surface area contributed by atoms with Gasteiger partial charge in [0.25, 0.3) is 0 Å². The third-order valence-corrected chi connectivity index (χ3v) is 7.79. The number of hydrogen-bond acceptors (Lipinski definition) is 5. The van der Waals surface area contributed by atoms with E-state index in [1.54, 1.807) is 23.1 Å². The SMILES string of the molecule is O=C(/C=C/c1c(Cl)nc2sccn12)N1CCN(S(=O)(=O)c2cccc(Cl)c2)CC1. The van der Waals surface area contributed by atoms with Crippen LogP contribution in [0.3, 0.4) is 0 Å². The van der Waals surface area contributed by atoms with Gasteiger partial charge in [-0.15, -0.1) is 11.3 Å². The molecule has 3 aromatic rings. The maximum absolute atomic E-state index is 12.8. The first-order valence-electron chi connectivity index (χ1n) is 8.70. The van der Waals surface area contributed by atoms with Gasteiger partial charge in [0, 0.05) is 48.9 Å². The van der Waals surface area contributed by atoms with Crippen LogP contribution in [0.2, 0.25) is 10.2 Å². The van der Waals surface area contributed by atoms with Gasteiger partial charge in [-0.2, -0.15) is 4.31 Å². The van der Waals surface area contributed by atoms with Crippen molar-refractivity contribution in [1.82, 2.24) is 18.6 Å². The summed E-state index contributed by atoms with van der Waals surface area (Å²) < 4.78 is 28.7. The van der Waals surface area contributed by atoms with Crippen LogP contribution in [0, 0.1) is 0 Å². The van der Waals surface area contributed by atoms with Crippen LogP contribution in [-0.4, -0.2) is 59.1 Å². The average molecular weight is 471 g/mol. The number of rotatable bonds is 4. The van der Waals surface area contributed by atoms with Crippen LogP contribution in [0.25, 0.3) is 11.0 Å². The number of aromatic nitrogens is 2. The second kappa shape index (κ2) is 8.08. The second-order valence-corrected chi connectivity index (χ2v) is 9.97. The molecule has 1 fully saturated rings. The van der Waals surface area contributed by atoms with Crippen molar-refractivity contribution in [2.75, 3.05) is 26.2 Å². The summed E-state index contributed by atoms with van der Waals surface area (Å²) in [6.45, 7) is 1.04. The third kappa shape index (κ3) is 4.06. The van der Waals surface area contributed by atoms with Gasteiger partial charge in [0.1, 0.15) is 0 Å². The zero-order chi connectivity index (χ0) is 20.6. The van der Waals surface area contributed by atoms with Crippen LogP contribution in [0.4, 0.5) is 0 Å². The van der Waals surface area contributed by atoms with E-state index in [2.05, 4.69) is 4.98 Å². The number of fused-ring (bicyclic) bond motifs is 1. The minimum atomic E-state index is -3.64. The largest absolute Gasteiger partial charge is 0.337 e. The minimum Gasteiger partial charge on any atom is -0.337 e. The standard InChI is InChI=1S/C18H16Cl2N4O3S2/c19-13-2-1-3-14(12-13)29(26,27)23-8-6-22(7-9-23)16(25)5-4-15-17(20)21-18-24(15)10-11-28-18/h1-5,10-12H,6-9H2/b5-4+. The van der Waals surface area contributed by atoms with Crippen LogP contribution in [-0.2, 0) is 14.8 Å². The molecule has 1 aromatic carbocycles. The first kappa shape index (κ1) is 20.4. The van der Waals surface area contributed by atoms with Crippen molar-refractivity contribution in [3.8, 4) is 0 Å². The van der Waals surface area contributed by atoms with E-state index in [1.807, 2.05) is 16.0 Å². The lowest BCUT2D eigenvalue weighted by Gasteiger charge is -2.33. The van der Waals surface area contributed by atoms with Crippen molar-refractivity contribution in [2.45, 2.75) is 4.90 Å². The summed E-state index contributed by atoms with van der Waals surface area (Å²) in [5.74, 6) is -0.203. The Balaban J connectivity index is 1.42. The van der Waals surface area contributed by atoms with Crippen LogP contribution in [0.5, 0.6) is 0 Å². The van der Waals surface area contributed by atoms with Gasteiger partial charge in [-0.3, -0.25) is 9.20 Å². The van der Waals surface area contributed by atoms with Gasteiger partial charge in [0.05, 0.1) is 10.6 Å². The highest BCUT2D eigenvalue weighted by molar-refractivity contribution is 7.89. The molecule has 0 radical (unpaired) electrons. The van der Waals surface area contributed by atoms with Crippen molar-refractivity contribution < 1.29 is 13.2 Å². The fourth-order valence-corrected chi connectivity index (χ4v) is 5.84. The summed E-state index contributed by atoms with van der Waals surface area (Å²) in [5, 5.41) is 2.58. The van der Waals surface area contributed by atoms with Gasteiger partial charge in [0.2, 0.25) is 15.9 Å². The number of piperazine rings is 1. The maximum atomic E-state index is 12.8. The lowest BCUT2D eigenvalue weighted by atomic mass is 10.3. The van der Waals surface area contributed by atoms with Crippen LogP contribution < -0.4 is 0 Å². The molecule has 7 nitrogen and oxygen atoms in total. The molecule has 0 unspecified atom stereocenters. The molecule has 0 N–H and O–H groups in total. The van der Waals surface area contributed by atoms with E-state index in [-0.39, 0.29) is 23.9 Å². The van der Waals surface area contributed by atoms with Crippen molar-refractivity contribution in [1.29, 1.82) is 0 Å². The third-order valence-electron chi connectivity index (χ3n) is 4.62. The number of amides is 1. The zero-order valence-electron chi connectivity index (χ0n) is 15.0. The second-order valence-electron chi connectivity index (χ2n) is 6.36. The normalized spacial score (nSPS) is 16.1. The Bertz CT molecular complexity index is 1190. The van der Waals surface area contributed by atoms with Crippen LogP contribution >= 0.6 is 34.5 Å². The topological polar surface area (TPSA) is 75.0 Å². The number of carbonyl (C=O) groups is 1. The molecule has 0 bridgehead atoms. The summed E-state index contributed by atoms with van der Waals surface area (Å²) in [4.78, 5) is 19.3. The molecule has 4 rings (SSSR count). The van der Waals surface area contributed by atoms with Crippen molar-refractivity contribution in [3.05, 3.63) is 57.8 Å². The maximum Gasteiger partial charge on any atom is 0.246 e. The molecule has 2 aromatic heterocycles. The Morgan fingerprint density at radius 3 is 2.66 bits per heavy atom. The molecule has 1 aliphatic heterocycles. The van der Waals surface area contributed by atoms with Gasteiger partial charge >= 0.3 is 0 Å². The molecule has 0 aliphatic carbocycles. The molecule has 11 heteroatoms. The Morgan fingerprint density at radius 2 is 1.93 bits per heavy atom. The van der Waals surface area contributed by atoms with Gasteiger partial charge in [-0.1, -0.05) is 29.3 Å². The van der Waals surface area contributed by atoms with E-state index in [9.17, 15) is 13.2 Å². The van der Waals surface area contributed by atoms with E-state index in [0.717, 1.165) is 4.96 Å². The van der Waals surface area contributed by atoms with Gasteiger partial charge in [0.15, 0.2) is 10.1 Å². The smallest absolute Gasteiger partial charge is 0.246 e. The molecule has 0 saturated carbocycles. The summed E-state index contributed by atoms with van der Waals surface area (Å²) >= 11 is 13.5. The molecule has 152 valence electrons. The lowest BCUT2D eigenvalue weighted by molar-refractivity contribution is -0.127. The highest BCUT2D eigenvalue weighted by Crippen LogP contribution is 2.23. The number of benzene rings is 1. The number of halogens is 2. The van der Waals surface area contributed by atoms with Gasteiger partial charge < -0.3 is 4.90 Å². The number of hydrogen-bond donors (Lipinski definition) is 0. The van der Waals surface area contributed by atoms with E-state index >= 15 is 0 Å². The molecule has 1 saturated heterocycles. The van der Waals surface area contributed by atoms with Crippen LogP contribution in [0.1, 0.15) is 5.69 Å². The monoisotopic (exact) mass is 470 g/mol. The highest BCUT2D eigenvalue weighted by atomic mass is 35.5. The van der Waals surface area contributed by atoms with E-state index < -0.39 is 10.0 Å². The molecule has 3 heterocycles. The predicted octanol–water partition coefficient (Wildman–Crippen LogP) is 3.25. The fourth-order valence-electron chi connectivity index (χ4n) is 3.11. The van der Waals surface area contributed by atoms with E-state index in [1.165, 1.54) is 33.9 Å². The molecular formula is C18H16Cl2N4O3S2. The Kier molecular flexibility index (Phi) is 5.67. The number of imidazole rings is 1. The average Bonchev–Trinajstić information content (AvgIpc) is 3.27. The fraction of sp³-hybridized carbons (Fsp3) is 0.222. The number of sulfonamides is 1. The zero-order valence-corrected chi connectivity index (χ0v) is 18.2. The predicted molar refractivity (Wildman–Crippen MR) is 114 cm³/mol. The molecule has 1 amide bonds. The van der Waals surface area contributed by atoms with E-state index in [0.29, 0.717) is 29.0 Å². The number of thiazole rings is 1. The van der Waals surface area contributed by atoms with Crippen molar-refractivity contribution in [3.63, 3.8) is 0 Å². The van der Waals surface area contributed by atoms with Crippen molar-refractivity contribution >= 4 is 61.5 Å². The van der Waals surface area contributed by atoms with Crippen LogP contribution in [0.15, 0.2) is 46.8 Å². The molecule has 29 heavy (non-hydrogen) atoms. The Hall–Kier alpha value is -1.91. The Labute approximate surface area is 181 Å².